The number of pyridine rings is 1. The van der Waals surface area contributed by atoms with Crippen LogP contribution in [0.2, 0.25) is 10.3 Å². The average Bonchev–Trinajstić information content (AvgIpc) is 2.96. The maximum Gasteiger partial charge on any atom is 0.323 e. The predicted octanol–water partition coefficient (Wildman–Crippen LogP) is 4.58. The lowest BCUT2D eigenvalue weighted by atomic mass is 10.1. The quantitative estimate of drug-likeness (QED) is 0.393. The van der Waals surface area contributed by atoms with Crippen molar-refractivity contribution in [3.63, 3.8) is 0 Å². The van der Waals surface area contributed by atoms with Crippen molar-refractivity contribution >= 4 is 72.6 Å². The summed E-state index contributed by atoms with van der Waals surface area (Å²) in [6.07, 6.45) is 0. The first-order chi connectivity index (χ1) is 13.7. The molecule has 8 nitrogen and oxygen atoms in total. The van der Waals surface area contributed by atoms with Gasteiger partial charge in [0, 0.05) is 28.2 Å². The van der Waals surface area contributed by atoms with Crippen LogP contribution < -0.4 is 15.8 Å². The topological polar surface area (TPSA) is 127 Å². The van der Waals surface area contributed by atoms with Gasteiger partial charge < -0.3 is 15.1 Å². The van der Waals surface area contributed by atoms with Crippen molar-refractivity contribution in [2.45, 2.75) is 4.90 Å². The van der Waals surface area contributed by atoms with E-state index in [2.05, 4.69) is 15.6 Å². The zero-order chi connectivity index (χ0) is 20.8. The molecule has 148 valence electrons. The van der Waals surface area contributed by atoms with Crippen LogP contribution in [0.15, 0.2) is 57.8 Å². The molecule has 0 aliphatic heterocycles. The van der Waals surface area contributed by atoms with E-state index in [4.69, 9.17) is 32.8 Å². The Bertz CT molecular complexity index is 1370. The Morgan fingerprint density at radius 1 is 0.897 bits per heavy atom. The third kappa shape index (κ3) is 4.13. The van der Waals surface area contributed by atoms with Crippen molar-refractivity contribution in [3.05, 3.63) is 58.8 Å². The number of aromatic nitrogens is 1. The molecule has 0 atom stereocenters. The summed E-state index contributed by atoms with van der Waals surface area (Å²) in [5.41, 5.74) is 1.81. The maximum atomic E-state index is 12.2. The molecule has 4 aromatic rings. The van der Waals surface area contributed by atoms with Gasteiger partial charge in [-0.25, -0.2) is 23.3 Å². The minimum atomic E-state index is -3.83. The zero-order valence-corrected chi connectivity index (χ0v) is 16.8. The number of hydrogen-bond acceptors (Lipinski definition) is 5. The van der Waals surface area contributed by atoms with Crippen molar-refractivity contribution in [3.8, 4) is 0 Å². The summed E-state index contributed by atoms with van der Waals surface area (Å²) in [4.78, 5) is 16.0. The van der Waals surface area contributed by atoms with Gasteiger partial charge in [0.1, 0.15) is 21.5 Å². The second-order valence-corrected chi connectivity index (χ2v) is 8.43. The third-order valence-electron chi connectivity index (χ3n) is 4.05. The van der Waals surface area contributed by atoms with Gasteiger partial charge in [-0.05, 0) is 42.5 Å². The Balaban J connectivity index is 1.61. The van der Waals surface area contributed by atoms with Crippen molar-refractivity contribution in [2.24, 2.45) is 5.14 Å². The van der Waals surface area contributed by atoms with Crippen molar-refractivity contribution in [1.29, 1.82) is 0 Å². The number of carbonyl (C=O) groups excluding carboxylic acids is 1. The second-order valence-electron chi connectivity index (χ2n) is 6.10. The van der Waals surface area contributed by atoms with Gasteiger partial charge in [-0.2, -0.15) is 0 Å². The van der Waals surface area contributed by atoms with Crippen molar-refractivity contribution in [2.75, 3.05) is 10.6 Å². The molecule has 0 aliphatic rings. The molecule has 4 N–H and O–H groups in total. The Morgan fingerprint density at radius 2 is 1.59 bits per heavy atom. The lowest BCUT2D eigenvalue weighted by molar-refractivity contribution is 0.262. The molecule has 0 spiro atoms. The maximum absolute atomic E-state index is 12.2. The summed E-state index contributed by atoms with van der Waals surface area (Å²) in [5.74, 6) is 0. The minimum absolute atomic E-state index is 0.0102. The number of nitrogens with zero attached hydrogens (tertiary/aromatic N) is 1. The molecule has 29 heavy (non-hydrogen) atoms. The Hall–Kier alpha value is -2.85. The van der Waals surface area contributed by atoms with E-state index in [1.807, 2.05) is 0 Å². The average molecular weight is 451 g/mol. The molecule has 0 fully saturated rings. The molecule has 11 heteroatoms. The number of primary sulfonamides is 1. The number of amides is 2. The van der Waals surface area contributed by atoms with E-state index >= 15 is 0 Å². The summed E-state index contributed by atoms with van der Waals surface area (Å²) in [6.45, 7) is 0. The zero-order valence-electron chi connectivity index (χ0n) is 14.4. The number of rotatable bonds is 3. The largest absolute Gasteiger partial charge is 0.456 e. The Morgan fingerprint density at radius 3 is 2.28 bits per heavy atom. The van der Waals surface area contributed by atoms with Gasteiger partial charge >= 0.3 is 6.03 Å². The van der Waals surface area contributed by atoms with E-state index in [0.717, 1.165) is 0 Å². The first-order valence-corrected chi connectivity index (χ1v) is 10.4. The number of anilines is 2. The molecule has 0 saturated heterocycles. The molecule has 2 aromatic heterocycles. The SMILES string of the molecule is NS(=O)(=O)c1ccc2oc3cc(NC(=O)Nc4cc(Cl)nc(Cl)c4)ccc3c2c1. The molecule has 0 unspecified atom stereocenters. The first-order valence-electron chi connectivity index (χ1n) is 8.09. The van der Waals surface area contributed by atoms with Crippen LogP contribution in [-0.2, 0) is 10.0 Å². The molecule has 4 rings (SSSR count). The molecule has 2 heterocycles. The lowest BCUT2D eigenvalue weighted by Crippen LogP contribution is -2.19. The minimum Gasteiger partial charge on any atom is -0.456 e. The Labute approximate surface area is 174 Å². The van der Waals surface area contributed by atoms with E-state index in [9.17, 15) is 13.2 Å². The van der Waals surface area contributed by atoms with Crippen LogP contribution in [0, 0.1) is 0 Å². The van der Waals surface area contributed by atoms with Crippen LogP contribution in [0.3, 0.4) is 0 Å². The fourth-order valence-corrected chi connectivity index (χ4v) is 3.84. The monoisotopic (exact) mass is 450 g/mol. The van der Waals surface area contributed by atoms with Crippen molar-refractivity contribution < 1.29 is 17.6 Å². The van der Waals surface area contributed by atoms with Gasteiger partial charge in [-0.15, -0.1) is 0 Å². The number of benzene rings is 2. The number of carbonyl (C=O) groups is 1. The standard InChI is InChI=1S/C18H12Cl2N4O4S/c19-16-6-10(7-17(20)24-16)23-18(25)22-9-1-3-12-13-8-11(29(21,26)27)2-4-14(13)28-15(12)5-9/h1-8H,(H2,21,26,27)(H2,22,23,24,25). The van der Waals surface area contributed by atoms with E-state index in [1.165, 1.54) is 30.3 Å². The second kappa shape index (κ2) is 7.20. The number of urea groups is 1. The fourth-order valence-electron chi connectivity index (χ4n) is 2.84. The smallest absolute Gasteiger partial charge is 0.323 e. The number of nitrogens with two attached hydrogens (primary N) is 1. The first kappa shape index (κ1) is 19.5. The van der Waals surface area contributed by atoms with E-state index in [1.54, 1.807) is 18.2 Å². The third-order valence-corrected chi connectivity index (χ3v) is 5.35. The number of furan rings is 1. The molecular formula is C18H12Cl2N4O4S. The highest BCUT2D eigenvalue weighted by molar-refractivity contribution is 7.89. The fraction of sp³-hybridized carbons (Fsp3) is 0. The highest BCUT2D eigenvalue weighted by Gasteiger charge is 2.14. The molecule has 2 amide bonds. The van der Waals surface area contributed by atoms with Gasteiger partial charge in [0.15, 0.2) is 0 Å². The van der Waals surface area contributed by atoms with Gasteiger partial charge in [0.2, 0.25) is 10.0 Å². The van der Waals surface area contributed by atoms with E-state index < -0.39 is 16.1 Å². The summed E-state index contributed by atoms with van der Waals surface area (Å²) in [6, 6.07) is 11.7. The normalized spacial score (nSPS) is 11.7. The summed E-state index contributed by atoms with van der Waals surface area (Å²) >= 11 is 11.6. The highest BCUT2D eigenvalue weighted by Crippen LogP contribution is 2.32. The van der Waals surface area contributed by atoms with Crippen LogP contribution in [0.1, 0.15) is 0 Å². The number of hydrogen-bond donors (Lipinski definition) is 3. The predicted molar refractivity (Wildman–Crippen MR) is 112 cm³/mol. The molecular weight excluding hydrogens is 439 g/mol. The van der Waals surface area contributed by atoms with Gasteiger partial charge in [-0.3, -0.25) is 0 Å². The van der Waals surface area contributed by atoms with Crippen LogP contribution in [-0.4, -0.2) is 19.4 Å². The number of fused-ring (bicyclic) bond motifs is 3. The summed E-state index contributed by atoms with van der Waals surface area (Å²) in [7, 11) is -3.83. The van der Waals surface area contributed by atoms with Crippen LogP contribution in [0.4, 0.5) is 16.2 Å². The number of sulfonamides is 1. The van der Waals surface area contributed by atoms with Crippen LogP contribution >= 0.6 is 23.2 Å². The summed E-state index contributed by atoms with van der Waals surface area (Å²) < 4.78 is 28.9. The van der Waals surface area contributed by atoms with E-state index in [0.29, 0.717) is 33.3 Å². The molecule has 2 aromatic carbocycles. The van der Waals surface area contributed by atoms with Crippen LogP contribution in [0.5, 0.6) is 0 Å². The van der Waals surface area contributed by atoms with Crippen LogP contribution in [0.25, 0.3) is 21.9 Å². The molecule has 0 aliphatic carbocycles. The summed E-state index contributed by atoms with van der Waals surface area (Å²) in [5, 5.41) is 12.0. The Kier molecular flexibility index (Phi) is 4.83. The molecule has 0 radical (unpaired) electrons. The van der Waals surface area contributed by atoms with Gasteiger partial charge in [0.25, 0.3) is 0 Å². The number of halogens is 2. The van der Waals surface area contributed by atoms with Crippen molar-refractivity contribution in [1.82, 2.24) is 4.98 Å². The van der Waals surface area contributed by atoms with Gasteiger partial charge in [-0.1, -0.05) is 23.2 Å². The van der Waals surface area contributed by atoms with Gasteiger partial charge in [0.05, 0.1) is 4.90 Å². The molecule has 0 saturated carbocycles. The highest BCUT2D eigenvalue weighted by atomic mass is 35.5. The lowest BCUT2D eigenvalue weighted by Gasteiger charge is -2.08. The number of nitrogens with one attached hydrogen (secondary N) is 2. The molecule has 0 bridgehead atoms. The van der Waals surface area contributed by atoms with E-state index in [-0.39, 0.29) is 15.2 Å².